The van der Waals surface area contributed by atoms with Crippen LogP contribution in [-0.2, 0) is 6.54 Å². The number of aromatic nitrogens is 3. The van der Waals surface area contributed by atoms with Crippen LogP contribution in [0.2, 0.25) is 0 Å². The van der Waals surface area contributed by atoms with Crippen LogP contribution in [0.1, 0.15) is 12.1 Å². The Hall–Kier alpha value is -3.09. The largest absolute Gasteiger partial charge is 0.497 e. The second kappa shape index (κ2) is 8.34. The third-order valence-electron chi connectivity index (χ3n) is 5.80. The average molecular weight is 402 g/mol. The highest BCUT2D eigenvalue weighted by Gasteiger charge is 2.19. The number of aromatic amines is 1. The van der Waals surface area contributed by atoms with Crippen molar-refractivity contribution in [2.24, 2.45) is 0 Å². The first kappa shape index (κ1) is 18.9. The van der Waals surface area contributed by atoms with Crippen molar-refractivity contribution < 1.29 is 4.74 Å². The summed E-state index contributed by atoms with van der Waals surface area (Å²) in [6.45, 7) is 5.14. The van der Waals surface area contributed by atoms with Gasteiger partial charge in [0.05, 0.1) is 18.5 Å². The minimum Gasteiger partial charge on any atom is -0.497 e. The molecule has 1 fully saturated rings. The molecule has 5 rings (SSSR count). The minimum absolute atomic E-state index is 0.858. The lowest BCUT2D eigenvalue weighted by Gasteiger charge is -2.20. The number of benzene rings is 1. The average Bonchev–Trinajstić information content (AvgIpc) is 3.36. The second-order valence-corrected chi connectivity index (χ2v) is 7.75. The third kappa shape index (κ3) is 3.72. The molecule has 3 aromatic heterocycles. The smallest absolute Gasteiger partial charge is 0.137 e. The molecule has 0 saturated carbocycles. The Morgan fingerprint density at radius 2 is 1.87 bits per heavy atom. The first-order valence-electron chi connectivity index (χ1n) is 10.5. The normalized spacial score (nSPS) is 15.4. The molecule has 1 aliphatic heterocycles. The van der Waals surface area contributed by atoms with Crippen molar-refractivity contribution in [3.63, 3.8) is 0 Å². The summed E-state index contributed by atoms with van der Waals surface area (Å²) in [5, 5.41) is 3.50. The number of hydrogen-bond acceptors (Lipinski definition) is 4. The zero-order valence-corrected chi connectivity index (χ0v) is 17.3. The van der Waals surface area contributed by atoms with Gasteiger partial charge in [-0.05, 0) is 68.0 Å². The molecule has 4 heterocycles. The minimum atomic E-state index is 0.858. The number of H-pyrrole nitrogens is 1. The van der Waals surface area contributed by atoms with Crippen LogP contribution < -0.4 is 10.1 Å². The lowest BCUT2D eigenvalue weighted by atomic mass is 10.1. The van der Waals surface area contributed by atoms with Crippen LogP contribution in [0.5, 0.6) is 5.75 Å². The van der Waals surface area contributed by atoms with Gasteiger partial charge in [-0.15, -0.1) is 0 Å². The predicted octanol–water partition coefficient (Wildman–Crippen LogP) is 3.80. The summed E-state index contributed by atoms with van der Waals surface area (Å²) in [6, 6.07) is 16.6. The molecule has 0 unspecified atom stereocenters. The molecule has 1 aromatic carbocycles. The third-order valence-corrected chi connectivity index (χ3v) is 5.80. The highest BCUT2D eigenvalue weighted by atomic mass is 16.5. The Labute approximate surface area is 176 Å². The molecule has 0 atom stereocenters. The molecule has 2 N–H and O–H groups in total. The van der Waals surface area contributed by atoms with Gasteiger partial charge in [0.1, 0.15) is 11.4 Å². The van der Waals surface area contributed by atoms with Crippen LogP contribution in [0.4, 0.5) is 0 Å². The quantitative estimate of drug-likeness (QED) is 0.534. The predicted molar refractivity (Wildman–Crippen MR) is 120 cm³/mol. The molecular weight excluding hydrogens is 374 g/mol. The van der Waals surface area contributed by atoms with Crippen LogP contribution in [-0.4, -0.2) is 52.6 Å². The first-order chi connectivity index (χ1) is 14.8. The number of rotatable bonds is 5. The molecule has 0 amide bonds. The van der Waals surface area contributed by atoms with Crippen LogP contribution in [0.25, 0.3) is 28.2 Å². The zero-order chi connectivity index (χ0) is 20.3. The number of methoxy groups -OCH3 is 1. The Bertz CT molecular complexity index is 1110. The van der Waals surface area contributed by atoms with Crippen molar-refractivity contribution in [2.45, 2.75) is 13.0 Å². The number of fused-ring (bicyclic) bond motifs is 1. The van der Waals surface area contributed by atoms with Gasteiger partial charge in [-0.3, -0.25) is 4.90 Å². The van der Waals surface area contributed by atoms with Gasteiger partial charge in [0, 0.05) is 48.8 Å². The van der Waals surface area contributed by atoms with Gasteiger partial charge in [-0.2, -0.15) is 0 Å². The van der Waals surface area contributed by atoms with Crippen LogP contribution in [0, 0.1) is 0 Å². The number of nitrogens with one attached hydrogen (secondary N) is 2. The maximum Gasteiger partial charge on any atom is 0.137 e. The molecule has 6 heteroatoms. The van der Waals surface area contributed by atoms with Crippen LogP contribution in [0.3, 0.4) is 0 Å². The van der Waals surface area contributed by atoms with Crippen LogP contribution >= 0.6 is 0 Å². The van der Waals surface area contributed by atoms with Crippen molar-refractivity contribution in [1.82, 2.24) is 24.6 Å². The first-order valence-corrected chi connectivity index (χ1v) is 10.5. The molecule has 0 aliphatic carbocycles. The molecule has 6 nitrogen and oxygen atoms in total. The monoisotopic (exact) mass is 401 g/mol. The molecule has 0 bridgehead atoms. The summed E-state index contributed by atoms with van der Waals surface area (Å²) in [4.78, 5) is 10.9. The van der Waals surface area contributed by atoms with E-state index in [0.29, 0.717) is 0 Å². The maximum atomic E-state index is 5.34. The summed E-state index contributed by atoms with van der Waals surface area (Å²) in [5.41, 5.74) is 6.62. The van der Waals surface area contributed by atoms with Crippen molar-refractivity contribution >= 4 is 5.65 Å². The Balaban J connectivity index is 1.61. The fraction of sp³-hybridized carbons (Fsp3) is 0.292. The van der Waals surface area contributed by atoms with E-state index in [1.165, 1.54) is 12.1 Å². The van der Waals surface area contributed by atoms with Gasteiger partial charge in [-0.25, -0.2) is 4.98 Å². The van der Waals surface area contributed by atoms with Crippen molar-refractivity contribution in [3.8, 4) is 28.3 Å². The standard InChI is InChI=1S/C24H27N5O/c1-30-20-8-5-18(6-9-20)24-22(17-28-14-3-11-25-13-15-28)29-16-19(7-10-23(29)27-24)21-4-2-12-26-21/h2,4-10,12,16,25-26H,3,11,13-15,17H2,1H3. The summed E-state index contributed by atoms with van der Waals surface area (Å²) in [5.74, 6) is 0.858. The lowest BCUT2D eigenvalue weighted by Crippen LogP contribution is -2.28. The topological polar surface area (TPSA) is 57.6 Å². The van der Waals surface area contributed by atoms with Gasteiger partial charge < -0.3 is 19.4 Å². The molecule has 30 heavy (non-hydrogen) atoms. The summed E-state index contributed by atoms with van der Waals surface area (Å²) < 4.78 is 7.60. The molecular formula is C24H27N5O. The van der Waals surface area contributed by atoms with E-state index in [1.807, 2.05) is 24.4 Å². The van der Waals surface area contributed by atoms with E-state index in [2.05, 4.69) is 56.1 Å². The molecule has 1 saturated heterocycles. The van der Waals surface area contributed by atoms with E-state index in [1.54, 1.807) is 7.11 Å². The summed E-state index contributed by atoms with van der Waals surface area (Å²) >= 11 is 0. The van der Waals surface area contributed by atoms with Crippen molar-refractivity contribution in [2.75, 3.05) is 33.3 Å². The fourth-order valence-electron chi connectivity index (χ4n) is 4.17. The number of pyridine rings is 1. The Morgan fingerprint density at radius 3 is 2.67 bits per heavy atom. The van der Waals surface area contributed by atoms with E-state index < -0.39 is 0 Å². The Kier molecular flexibility index (Phi) is 5.26. The number of ether oxygens (including phenoxy) is 1. The highest BCUT2D eigenvalue weighted by molar-refractivity contribution is 5.69. The van der Waals surface area contributed by atoms with Gasteiger partial charge in [0.2, 0.25) is 0 Å². The van der Waals surface area contributed by atoms with E-state index >= 15 is 0 Å². The SMILES string of the molecule is COc1ccc(-c2nc3ccc(-c4ccc[nH]4)cn3c2CN2CCCNCC2)cc1. The highest BCUT2D eigenvalue weighted by Crippen LogP contribution is 2.29. The molecule has 0 radical (unpaired) electrons. The summed E-state index contributed by atoms with van der Waals surface area (Å²) in [6.07, 6.45) is 5.33. The summed E-state index contributed by atoms with van der Waals surface area (Å²) in [7, 11) is 1.70. The fourth-order valence-corrected chi connectivity index (χ4v) is 4.17. The Morgan fingerprint density at radius 1 is 1.00 bits per heavy atom. The second-order valence-electron chi connectivity index (χ2n) is 7.75. The maximum absolute atomic E-state index is 5.34. The zero-order valence-electron chi connectivity index (χ0n) is 17.3. The lowest BCUT2D eigenvalue weighted by molar-refractivity contribution is 0.281. The van der Waals surface area contributed by atoms with Crippen molar-refractivity contribution in [1.29, 1.82) is 0 Å². The molecule has 154 valence electrons. The molecule has 4 aromatic rings. The van der Waals surface area contributed by atoms with Gasteiger partial charge in [0.25, 0.3) is 0 Å². The van der Waals surface area contributed by atoms with E-state index in [-0.39, 0.29) is 0 Å². The van der Waals surface area contributed by atoms with E-state index in [4.69, 9.17) is 9.72 Å². The van der Waals surface area contributed by atoms with Gasteiger partial charge >= 0.3 is 0 Å². The van der Waals surface area contributed by atoms with Crippen LogP contribution in [0.15, 0.2) is 60.9 Å². The number of hydrogen-bond donors (Lipinski definition) is 2. The van der Waals surface area contributed by atoms with Gasteiger partial charge in [-0.1, -0.05) is 0 Å². The number of imidazole rings is 1. The van der Waals surface area contributed by atoms with Gasteiger partial charge in [0.15, 0.2) is 0 Å². The molecule has 1 aliphatic rings. The van der Waals surface area contributed by atoms with E-state index in [9.17, 15) is 0 Å². The van der Waals surface area contributed by atoms with E-state index in [0.717, 1.165) is 66.6 Å². The molecule has 0 spiro atoms. The van der Waals surface area contributed by atoms with Crippen molar-refractivity contribution in [3.05, 3.63) is 66.6 Å². The number of nitrogens with zero attached hydrogens (tertiary/aromatic N) is 3.